The van der Waals surface area contributed by atoms with Crippen LogP contribution in [0, 0.1) is 11.8 Å². The van der Waals surface area contributed by atoms with Crippen LogP contribution in [0.15, 0.2) is 54.6 Å². The number of carbonyl (C=O) groups excluding carboxylic acids is 3. The van der Waals surface area contributed by atoms with Crippen LogP contribution in [0.1, 0.15) is 41.8 Å². The second kappa shape index (κ2) is 13.5. The molecule has 0 radical (unpaired) electrons. The minimum atomic E-state index is -1.14. The van der Waals surface area contributed by atoms with Gasteiger partial charge in [0.05, 0.1) is 0 Å². The molecule has 0 bridgehead atoms. The molecule has 0 aliphatic carbocycles. The summed E-state index contributed by atoms with van der Waals surface area (Å²) in [5.74, 6) is 4.37. The van der Waals surface area contributed by atoms with Crippen molar-refractivity contribution in [2.45, 2.75) is 26.3 Å². The van der Waals surface area contributed by atoms with Gasteiger partial charge in [-0.3, -0.25) is 19.6 Å². The van der Waals surface area contributed by atoms with Crippen molar-refractivity contribution in [3.8, 4) is 11.8 Å². The molecule has 2 aromatic carbocycles. The molecule has 8 heteroatoms. The van der Waals surface area contributed by atoms with E-state index in [-0.39, 0.29) is 26.3 Å². The van der Waals surface area contributed by atoms with Gasteiger partial charge in [-0.05, 0) is 49.4 Å². The van der Waals surface area contributed by atoms with Crippen LogP contribution in [-0.2, 0) is 9.59 Å². The van der Waals surface area contributed by atoms with E-state index in [0.717, 1.165) is 11.1 Å². The average molecular weight is 425 g/mol. The molecule has 0 unspecified atom stereocenters. The van der Waals surface area contributed by atoms with E-state index in [2.05, 4.69) is 22.5 Å². The molecule has 2 rings (SSSR count). The third-order valence-corrected chi connectivity index (χ3v) is 4.12. The molecule has 0 spiro atoms. The first kappa shape index (κ1) is 25.4. The Morgan fingerprint density at radius 2 is 1.58 bits per heavy atom. The lowest BCUT2D eigenvalue weighted by Crippen LogP contribution is -2.52. The zero-order valence-corrected chi connectivity index (χ0v) is 16.4. The molecule has 0 aromatic heterocycles. The fourth-order valence-corrected chi connectivity index (χ4v) is 2.47. The highest BCUT2D eigenvalue weighted by molar-refractivity contribution is 5.97. The summed E-state index contributed by atoms with van der Waals surface area (Å²) in [4.78, 5) is 35.9. The lowest BCUT2D eigenvalue weighted by molar-refractivity contribution is -0.131. The number of hydrogen-bond donors (Lipinski definition) is 5. The number of rotatable bonds is 8. The van der Waals surface area contributed by atoms with Gasteiger partial charge in [0.1, 0.15) is 6.04 Å². The Bertz CT molecular complexity index is 918. The number of nitrogens with two attached hydrogens (primary N) is 1. The third-order valence-electron chi connectivity index (χ3n) is 4.12. The van der Waals surface area contributed by atoms with E-state index in [1.807, 2.05) is 30.3 Å². The van der Waals surface area contributed by atoms with Gasteiger partial charge >= 0.3 is 0 Å². The van der Waals surface area contributed by atoms with E-state index >= 15 is 0 Å². The molecule has 0 heterocycles. The standard InChI is InChI=1S/C22H24N4O4.CH4/c23-14-4-7-20(27)24-15-19(22(29)26-30)25-21(28)18-12-10-17(11-13-18)9-8-16-5-2-1-3-6-16;/h1-3,5-6,10-13,19,30H,4,7,14-15,23H2,(H,24,27)(H,25,28)(H,26,29);1H4/t19-;/m0./s1. The zero-order chi connectivity index (χ0) is 21.8. The smallest absolute Gasteiger partial charge is 0.267 e. The second-order valence-corrected chi connectivity index (χ2v) is 6.39. The molecule has 0 fully saturated rings. The summed E-state index contributed by atoms with van der Waals surface area (Å²) in [5.41, 5.74) is 8.76. The molecule has 0 saturated heterocycles. The summed E-state index contributed by atoms with van der Waals surface area (Å²) in [7, 11) is 0. The van der Waals surface area contributed by atoms with Gasteiger partial charge in [-0.15, -0.1) is 0 Å². The highest BCUT2D eigenvalue weighted by Gasteiger charge is 2.21. The second-order valence-electron chi connectivity index (χ2n) is 6.39. The van der Waals surface area contributed by atoms with Crippen molar-refractivity contribution in [2.75, 3.05) is 13.1 Å². The van der Waals surface area contributed by atoms with Crippen molar-refractivity contribution >= 4 is 17.7 Å². The summed E-state index contributed by atoms with van der Waals surface area (Å²) >= 11 is 0. The van der Waals surface area contributed by atoms with E-state index in [4.69, 9.17) is 10.9 Å². The molecule has 6 N–H and O–H groups in total. The first-order chi connectivity index (χ1) is 14.5. The topological polar surface area (TPSA) is 134 Å². The predicted molar refractivity (Wildman–Crippen MR) is 118 cm³/mol. The number of nitrogens with one attached hydrogen (secondary N) is 3. The lowest BCUT2D eigenvalue weighted by atomic mass is 10.1. The molecule has 8 nitrogen and oxygen atoms in total. The molecular formula is C23H28N4O4. The van der Waals surface area contributed by atoms with Crippen LogP contribution in [0.4, 0.5) is 0 Å². The van der Waals surface area contributed by atoms with Crippen LogP contribution in [0.5, 0.6) is 0 Å². The van der Waals surface area contributed by atoms with Gasteiger partial charge in [0.25, 0.3) is 11.8 Å². The van der Waals surface area contributed by atoms with Crippen LogP contribution >= 0.6 is 0 Å². The van der Waals surface area contributed by atoms with Crippen molar-refractivity contribution < 1.29 is 19.6 Å². The van der Waals surface area contributed by atoms with E-state index < -0.39 is 17.9 Å². The minimum Gasteiger partial charge on any atom is -0.353 e. The van der Waals surface area contributed by atoms with Crippen molar-refractivity contribution in [1.82, 2.24) is 16.1 Å². The van der Waals surface area contributed by atoms with E-state index in [0.29, 0.717) is 18.5 Å². The summed E-state index contributed by atoms with van der Waals surface area (Å²) < 4.78 is 0. The first-order valence-electron chi connectivity index (χ1n) is 9.42. The van der Waals surface area contributed by atoms with Crippen LogP contribution in [-0.4, -0.2) is 42.1 Å². The third kappa shape index (κ3) is 8.70. The van der Waals surface area contributed by atoms with Gasteiger partial charge in [-0.1, -0.05) is 37.5 Å². The van der Waals surface area contributed by atoms with Gasteiger partial charge in [-0.25, -0.2) is 5.48 Å². The zero-order valence-electron chi connectivity index (χ0n) is 16.4. The molecule has 0 saturated carbocycles. The molecule has 0 aliphatic rings. The largest absolute Gasteiger partial charge is 0.353 e. The monoisotopic (exact) mass is 424 g/mol. The van der Waals surface area contributed by atoms with Crippen molar-refractivity contribution in [2.24, 2.45) is 5.73 Å². The van der Waals surface area contributed by atoms with Crippen molar-refractivity contribution in [3.63, 3.8) is 0 Å². The molecule has 164 valence electrons. The highest BCUT2D eigenvalue weighted by Crippen LogP contribution is 2.05. The Morgan fingerprint density at radius 3 is 2.16 bits per heavy atom. The Hall–Kier alpha value is -3.67. The van der Waals surface area contributed by atoms with E-state index in [1.165, 1.54) is 5.48 Å². The van der Waals surface area contributed by atoms with E-state index in [1.54, 1.807) is 24.3 Å². The molecule has 31 heavy (non-hydrogen) atoms. The summed E-state index contributed by atoms with van der Waals surface area (Å²) in [6.45, 7) is 0.207. The maximum absolute atomic E-state index is 12.4. The quantitative estimate of drug-likeness (QED) is 0.247. The van der Waals surface area contributed by atoms with Gasteiger partial charge < -0.3 is 16.4 Å². The van der Waals surface area contributed by atoms with Gasteiger partial charge in [0.15, 0.2) is 0 Å². The normalized spacial score (nSPS) is 10.5. The lowest BCUT2D eigenvalue weighted by Gasteiger charge is -2.17. The van der Waals surface area contributed by atoms with Crippen LogP contribution in [0.25, 0.3) is 0 Å². The van der Waals surface area contributed by atoms with Crippen molar-refractivity contribution in [3.05, 3.63) is 71.3 Å². The summed E-state index contributed by atoms with van der Waals surface area (Å²) in [6.07, 6.45) is 0.720. The average Bonchev–Trinajstić information content (AvgIpc) is 2.79. The number of hydrogen-bond acceptors (Lipinski definition) is 5. The molecule has 0 aliphatic heterocycles. The van der Waals surface area contributed by atoms with Gasteiger partial charge in [-0.2, -0.15) is 0 Å². The van der Waals surface area contributed by atoms with Crippen LogP contribution in [0.3, 0.4) is 0 Å². The SMILES string of the molecule is C.NCCCC(=O)NC[C@H](NC(=O)c1ccc(C#Cc2ccccc2)cc1)C(=O)NO. The number of amides is 3. The fourth-order valence-electron chi connectivity index (χ4n) is 2.47. The summed E-state index contributed by atoms with van der Waals surface area (Å²) in [6, 6.07) is 14.9. The molecule has 1 atom stereocenters. The van der Waals surface area contributed by atoms with Crippen LogP contribution < -0.4 is 21.8 Å². The molecule has 2 aromatic rings. The van der Waals surface area contributed by atoms with Crippen LogP contribution in [0.2, 0.25) is 0 Å². The Labute approximate surface area is 182 Å². The summed E-state index contributed by atoms with van der Waals surface area (Å²) in [5, 5.41) is 13.9. The number of carbonyl (C=O) groups is 3. The Kier molecular flexibility index (Phi) is 11.1. The molecule has 3 amide bonds. The highest BCUT2D eigenvalue weighted by atomic mass is 16.5. The maximum atomic E-state index is 12.4. The number of benzene rings is 2. The predicted octanol–water partition coefficient (Wildman–Crippen LogP) is 1.18. The maximum Gasteiger partial charge on any atom is 0.267 e. The van der Waals surface area contributed by atoms with Gasteiger partial charge in [0, 0.05) is 29.7 Å². The van der Waals surface area contributed by atoms with E-state index in [9.17, 15) is 14.4 Å². The van der Waals surface area contributed by atoms with Crippen molar-refractivity contribution in [1.29, 1.82) is 0 Å². The van der Waals surface area contributed by atoms with Gasteiger partial charge in [0.2, 0.25) is 5.91 Å². The Balaban J connectivity index is 0.00000480. The number of hydroxylamine groups is 1. The first-order valence-corrected chi connectivity index (χ1v) is 9.42. The minimum absolute atomic E-state index is 0. The fraction of sp³-hybridized carbons (Fsp3) is 0.261. The Morgan fingerprint density at radius 1 is 0.968 bits per heavy atom. The molecular weight excluding hydrogens is 396 g/mol.